The van der Waals surface area contributed by atoms with Gasteiger partial charge in [0.15, 0.2) is 5.75 Å². The Morgan fingerprint density at radius 1 is 1.32 bits per heavy atom. The molecule has 2 saturated heterocycles. The average Bonchev–Trinajstić information content (AvgIpc) is 3.36. The largest absolute Gasteiger partial charge is 0.507 e. The number of Topliss-reactive ketones (excluding diaryl/α,β-unsaturated/α-hetero) is 1. The molecule has 2 unspecified atom stereocenters. The Hall–Kier alpha value is -2.61. The van der Waals surface area contributed by atoms with Gasteiger partial charge in [-0.3, -0.25) is 14.6 Å². The molecule has 1 aromatic carbocycles. The lowest BCUT2D eigenvalue weighted by atomic mass is 9.96. The Labute approximate surface area is 189 Å². The molecule has 2 aromatic rings. The summed E-state index contributed by atoms with van der Waals surface area (Å²) in [4.78, 5) is 31.5. The molecule has 162 valence electrons. The first-order valence-corrected chi connectivity index (χ1v) is 10.5. The molecule has 3 heterocycles. The number of hydrogen-bond acceptors (Lipinski definition) is 6. The second-order valence-corrected chi connectivity index (χ2v) is 8.16. The normalized spacial score (nSPS) is 22.9. The number of carbonyl (C=O) groups is 2. The van der Waals surface area contributed by atoms with Crippen molar-refractivity contribution >= 4 is 40.7 Å². The summed E-state index contributed by atoms with van der Waals surface area (Å²) in [6.45, 7) is 0.861. The van der Waals surface area contributed by atoms with Gasteiger partial charge in [0.2, 0.25) is 0 Å². The number of carbonyl (C=O) groups excluding carboxylic acids is 2. The second kappa shape index (κ2) is 8.86. The molecular weight excluding hydrogens is 443 g/mol. The number of hydrogen-bond donors (Lipinski definition) is 1. The third-order valence-corrected chi connectivity index (χ3v) is 6.00. The molecule has 1 amide bonds. The van der Waals surface area contributed by atoms with Crippen LogP contribution in [0, 0.1) is 0 Å². The SMILES string of the molecule is COc1c(Cl)cc(/C(O)=C2\C(=O)C(=O)N(CC3CCCO3)C2c2cccnc2)cc1Cl. The standard InChI is InChI=1S/C22H20Cl2N2O5/c1-30-21-15(23)8-13(9-16(21)24)19(27)17-18(12-4-2-6-25-10-12)26(22(29)20(17)28)11-14-5-3-7-31-14/h2,4,6,8-10,14,18,27H,3,5,7,11H2,1H3/b19-17+. The van der Waals surface area contributed by atoms with E-state index in [1.807, 2.05) is 0 Å². The summed E-state index contributed by atoms with van der Waals surface area (Å²) in [6.07, 6.45) is 4.70. The molecule has 7 nitrogen and oxygen atoms in total. The third kappa shape index (κ3) is 4.01. The highest BCUT2D eigenvalue weighted by atomic mass is 35.5. The van der Waals surface area contributed by atoms with Gasteiger partial charge >= 0.3 is 0 Å². The van der Waals surface area contributed by atoms with Crippen LogP contribution in [-0.2, 0) is 14.3 Å². The number of pyridine rings is 1. The summed E-state index contributed by atoms with van der Waals surface area (Å²) in [5.74, 6) is -1.60. The predicted octanol–water partition coefficient (Wildman–Crippen LogP) is 4.00. The van der Waals surface area contributed by atoms with Gasteiger partial charge in [-0.15, -0.1) is 0 Å². The van der Waals surface area contributed by atoms with E-state index in [9.17, 15) is 14.7 Å². The lowest BCUT2D eigenvalue weighted by Gasteiger charge is -2.27. The van der Waals surface area contributed by atoms with Gasteiger partial charge in [-0.2, -0.15) is 0 Å². The summed E-state index contributed by atoms with van der Waals surface area (Å²) >= 11 is 12.4. The van der Waals surface area contributed by atoms with E-state index in [2.05, 4.69) is 4.98 Å². The first-order valence-electron chi connectivity index (χ1n) is 9.75. The van der Waals surface area contributed by atoms with Gasteiger partial charge in [-0.05, 0) is 36.6 Å². The van der Waals surface area contributed by atoms with E-state index in [-0.39, 0.29) is 45.3 Å². The second-order valence-electron chi connectivity index (χ2n) is 7.35. The van der Waals surface area contributed by atoms with Gasteiger partial charge in [-0.25, -0.2) is 0 Å². The van der Waals surface area contributed by atoms with Crippen molar-refractivity contribution in [2.75, 3.05) is 20.3 Å². The van der Waals surface area contributed by atoms with Crippen LogP contribution in [0.4, 0.5) is 0 Å². The van der Waals surface area contributed by atoms with Crippen LogP contribution in [0.2, 0.25) is 10.0 Å². The number of rotatable bonds is 5. The third-order valence-electron chi connectivity index (χ3n) is 5.44. The highest BCUT2D eigenvalue weighted by molar-refractivity contribution is 6.46. The number of benzene rings is 1. The van der Waals surface area contributed by atoms with E-state index in [1.165, 1.54) is 24.1 Å². The van der Waals surface area contributed by atoms with Crippen LogP contribution in [0.1, 0.15) is 30.0 Å². The van der Waals surface area contributed by atoms with Crippen LogP contribution in [0.3, 0.4) is 0 Å². The molecule has 0 saturated carbocycles. The number of ether oxygens (including phenoxy) is 2. The number of aliphatic hydroxyl groups is 1. The number of aliphatic hydroxyl groups excluding tert-OH is 1. The molecule has 9 heteroatoms. The van der Waals surface area contributed by atoms with E-state index in [0.29, 0.717) is 12.2 Å². The first-order chi connectivity index (χ1) is 14.9. The molecule has 1 aromatic heterocycles. The number of ketones is 1. The van der Waals surface area contributed by atoms with Crippen molar-refractivity contribution < 1.29 is 24.2 Å². The van der Waals surface area contributed by atoms with Crippen molar-refractivity contribution in [1.29, 1.82) is 0 Å². The van der Waals surface area contributed by atoms with E-state index < -0.39 is 17.7 Å². The smallest absolute Gasteiger partial charge is 0.295 e. The van der Waals surface area contributed by atoms with Crippen LogP contribution in [-0.4, -0.2) is 53.0 Å². The topological polar surface area (TPSA) is 89.0 Å². The molecule has 0 aliphatic carbocycles. The zero-order valence-corrected chi connectivity index (χ0v) is 18.2. The quantitative estimate of drug-likeness (QED) is 0.410. The van der Waals surface area contributed by atoms with Gasteiger partial charge in [0, 0.05) is 31.1 Å². The Morgan fingerprint density at radius 3 is 2.65 bits per heavy atom. The molecule has 0 spiro atoms. The van der Waals surface area contributed by atoms with Crippen molar-refractivity contribution in [3.63, 3.8) is 0 Å². The zero-order chi connectivity index (χ0) is 22.1. The predicted molar refractivity (Wildman–Crippen MR) is 115 cm³/mol. The molecule has 1 N–H and O–H groups in total. The van der Waals surface area contributed by atoms with Gasteiger partial charge in [0.05, 0.1) is 34.9 Å². The number of amides is 1. The Balaban J connectivity index is 1.84. The van der Waals surface area contributed by atoms with E-state index in [1.54, 1.807) is 24.5 Å². The number of halogens is 2. The molecule has 0 bridgehead atoms. The number of aromatic nitrogens is 1. The minimum atomic E-state index is -0.808. The zero-order valence-electron chi connectivity index (χ0n) is 16.7. The monoisotopic (exact) mass is 462 g/mol. The Morgan fingerprint density at radius 2 is 2.06 bits per heavy atom. The van der Waals surface area contributed by atoms with Gasteiger partial charge in [0.1, 0.15) is 5.76 Å². The van der Waals surface area contributed by atoms with Crippen molar-refractivity contribution in [3.05, 3.63) is 63.4 Å². The summed E-state index contributed by atoms with van der Waals surface area (Å²) < 4.78 is 10.8. The van der Waals surface area contributed by atoms with Crippen LogP contribution >= 0.6 is 23.2 Å². The minimum Gasteiger partial charge on any atom is -0.507 e. The van der Waals surface area contributed by atoms with E-state index in [0.717, 1.165) is 12.8 Å². The van der Waals surface area contributed by atoms with Crippen LogP contribution in [0.5, 0.6) is 5.75 Å². The fraction of sp³-hybridized carbons (Fsp3) is 0.318. The molecular formula is C22H20Cl2N2O5. The summed E-state index contributed by atoms with van der Waals surface area (Å²) in [6, 6.07) is 5.54. The maximum Gasteiger partial charge on any atom is 0.295 e. The fourth-order valence-electron chi connectivity index (χ4n) is 4.01. The van der Waals surface area contributed by atoms with Crippen molar-refractivity contribution in [1.82, 2.24) is 9.88 Å². The molecule has 2 fully saturated rings. The Kier molecular flexibility index (Phi) is 6.18. The van der Waals surface area contributed by atoms with Crippen LogP contribution < -0.4 is 4.74 Å². The lowest BCUT2D eigenvalue weighted by Crippen LogP contribution is -2.36. The molecule has 4 rings (SSSR count). The number of likely N-dealkylation sites (tertiary alicyclic amines) is 1. The van der Waals surface area contributed by atoms with Crippen LogP contribution in [0.15, 0.2) is 42.2 Å². The van der Waals surface area contributed by atoms with Gasteiger partial charge in [0.25, 0.3) is 11.7 Å². The highest BCUT2D eigenvalue weighted by Gasteiger charge is 2.47. The van der Waals surface area contributed by atoms with Gasteiger partial charge < -0.3 is 19.5 Å². The highest BCUT2D eigenvalue weighted by Crippen LogP contribution is 2.42. The number of nitrogens with zero attached hydrogens (tertiary/aromatic N) is 2. The molecule has 2 atom stereocenters. The van der Waals surface area contributed by atoms with Crippen molar-refractivity contribution in [3.8, 4) is 5.75 Å². The minimum absolute atomic E-state index is 0.0479. The summed E-state index contributed by atoms with van der Waals surface area (Å²) in [5, 5.41) is 11.4. The molecule has 0 radical (unpaired) electrons. The maximum atomic E-state index is 13.0. The summed E-state index contributed by atoms with van der Waals surface area (Å²) in [5.41, 5.74) is 0.764. The van der Waals surface area contributed by atoms with E-state index in [4.69, 9.17) is 32.7 Å². The van der Waals surface area contributed by atoms with Crippen molar-refractivity contribution in [2.45, 2.75) is 25.0 Å². The fourth-order valence-corrected chi connectivity index (χ4v) is 4.65. The molecule has 31 heavy (non-hydrogen) atoms. The Bertz CT molecular complexity index is 1030. The van der Waals surface area contributed by atoms with E-state index >= 15 is 0 Å². The lowest BCUT2D eigenvalue weighted by molar-refractivity contribution is -0.140. The molecule has 2 aliphatic rings. The molecule has 2 aliphatic heterocycles. The van der Waals surface area contributed by atoms with Crippen molar-refractivity contribution in [2.24, 2.45) is 0 Å². The first kappa shape index (κ1) is 21.6. The average molecular weight is 463 g/mol. The van der Waals surface area contributed by atoms with Gasteiger partial charge in [-0.1, -0.05) is 29.3 Å². The maximum absolute atomic E-state index is 13.0. The van der Waals surface area contributed by atoms with Crippen LogP contribution in [0.25, 0.3) is 5.76 Å². The number of methoxy groups -OCH3 is 1. The summed E-state index contributed by atoms with van der Waals surface area (Å²) in [7, 11) is 1.42.